The lowest BCUT2D eigenvalue weighted by Crippen LogP contribution is -2.39. The van der Waals surface area contributed by atoms with Crippen molar-refractivity contribution in [2.24, 2.45) is 0 Å². The number of oxazole rings is 1. The van der Waals surface area contributed by atoms with Gasteiger partial charge >= 0.3 is 12.0 Å². The molecule has 6 nitrogen and oxygen atoms in total. The summed E-state index contributed by atoms with van der Waals surface area (Å²) in [6.07, 6.45) is 1.88. The van der Waals surface area contributed by atoms with Crippen molar-refractivity contribution >= 4 is 12.0 Å². The van der Waals surface area contributed by atoms with E-state index in [0.29, 0.717) is 24.5 Å². The maximum Gasteiger partial charge on any atom is 0.325 e. The first-order valence-electron chi connectivity index (χ1n) is 8.37. The number of carbonyl (C=O) groups is 1. The third-order valence-corrected chi connectivity index (χ3v) is 4.24. The van der Waals surface area contributed by atoms with Gasteiger partial charge in [-0.15, -0.1) is 0 Å². The Morgan fingerprint density at radius 1 is 1.44 bits per heavy atom. The summed E-state index contributed by atoms with van der Waals surface area (Å²) in [5.74, 6) is 0.333. The number of nitrogens with zero attached hydrogens (tertiary/aromatic N) is 2. The van der Waals surface area contributed by atoms with Gasteiger partial charge in [-0.25, -0.2) is 9.18 Å². The number of ether oxygens (including phenoxy) is 1. The summed E-state index contributed by atoms with van der Waals surface area (Å²) >= 11 is 0. The van der Waals surface area contributed by atoms with Gasteiger partial charge in [0.15, 0.2) is 0 Å². The lowest BCUT2D eigenvalue weighted by Gasteiger charge is -2.25. The number of nitrogens with one attached hydrogen (secondary N) is 1. The first-order chi connectivity index (χ1) is 12.0. The summed E-state index contributed by atoms with van der Waals surface area (Å²) in [6.45, 7) is 5.02. The maximum atomic E-state index is 13.4. The highest BCUT2D eigenvalue weighted by Crippen LogP contribution is 2.18. The second kappa shape index (κ2) is 7.65. The molecule has 25 heavy (non-hydrogen) atoms. The fourth-order valence-electron chi connectivity index (χ4n) is 2.81. The quantitative estimate of drug-likeness (QED) is 0.896. The average Bonchev–Trinajstić information content (AvgIpc) is 3.17. The van der Waals surface area contributed by atoms with E-state index < -0.39 is 0 Å². The van der Waals surface area contributed by atoms with Gasteiger partial charge < -0.3 is 14.1 Å². The number of hydrogen-bond donors (Lipinski definition) is 1. The number of anilines is 1. The van der Waals surface area contributed by atoms with Crippen molar-refractivity contribution in [3.8, 4) is 0 Å². The fraction of sp³-hybridized carbons (Fsp3) is 0.444. The van der Waals surface area contributed by atoms with E-state index in [1.54, 1.807) is 24.0 Å². The van der Waals surface area contributed by atoms with Gasteiger partial charge in [0.05, 0.1) is 11.8 Å². The van der Waals surface area contributed by atoms with Gasteiger partial charge in [0, 0.05) is 19.7 Å². The van der Waals surface area contributed by atoms with Crippen molar-refractivity contribution in [1.29, 1.82) is 0 Å². The zero-order valence-electron chi connectivity index (χ0n) is 14.4. The molecule has 1 saturated heterocycles. The molecule has 2 heterocycles. The van der Waals surface area contributed by atoms with Crippen LogP contribution < -0.4 is 5.32 Å². The molecule has 1 aliphatic heterocycles. The fourth-order valence-corrected chi connectivity index (χ4v) is 2.81. The van der Waals surface area contributed by atoms with E-state index in [-0.39, 0.29) is 30.5 Å². The van der Waals surface area contributed by atoms with Crippen LogP contribution >= 0.6 is 0 Å². The number of hydrogen-bond acceptors (Lipinski definition) is 4. The Balaban J connectivity index is 1.73. The topological polar surface area (TPSA) is 67.6 Å². The zero-order valence-corrected chi connectivity index (χ0v) is 14.4. The number of aryl methyl sites for hydroxylation is 2. The Hall–Kier alpha value is -2.41. The van der Waals surface area contributed by atoms with Crippen LogP contribution in [0.1, 0.15) is 29.9 Å². The smallest absolute Gasteiger partial charge is 0.325 e. The molecule has 1 aromatic carbocycles. The second-order valence-corrected chi connectivity index (χ2v) is 6.24. The zero-order chi connectivity index (χ0) is 17.8. The van der Waals surface area contributed by atoms with E-state index in [9.17, 15) is 9.18 Å². The van der Waals surface area contributed by atoms with E-state index >= 15 is 0 Å². The summed E-state index contributed by atoms with van der Waals surface area (Å²) in [4.78, 5) is 18.4. The summed E-state index contributed by atoms with van der Waals surface area (Å²) in [5.41, 5.74) is 1.44. The number of halogens is 1. The van der Waals surface area contributed by atoms with E-state index in [1.165, 1.54) is 12.1 Å². The van der Waals surface area contributed by atoms with Gasteiger partial charge in [-0.1, -0.05) is 12.1 Å². The van der Waals surface area contributed by atoms with Crippen molar-refractivity contribution < 1.29 is 18.3 Å². The lowest BCUT2D eigenvalue weighted by atomic mass is 10.2. The Bertz CT molecular complexity index is 721. The van der Waals surface area contributed by atoms with Crippen LogP contribution in [-0.2, 0) is 11.3 Å². The summed E-state index contributed by atoms with van der Waals surface area (Å²) < 4.78 is 24.5. The number of urea groups is 1. The van der Waals surface area contributed by atoms with Crippen LogP contribution in [0, 0.1) is 19.7 Å². The van der Waals surface area contributed by atoms with Gasteiger partial charge in [-0.2, -0.15) is 4.98 Å². The molecule has 0 saturated carbocycles. The van der Waals surface area contributed by atoms with Gasteiger partial charge in [-0.3, -0.25) is 5.32 Å². The molecule has 2 aromatic rings. The van der Waals surface area contributed by atoms with E-state index in [4.69, 9.17) is 9.15 Å². The molecule has 1 fully saturated rings. The Morgan fingerprint density at radius 3 is 2.92 bits per heavy atom. The Labute approximate surface area is 146 Å². The molecule has 0 bridgehead atoms. The standard InChI is InChI=1S/C18H22FN3O3/c1-12-13(2)25-17(20-12)21-18(23)22(11-16-7-4-8-24-16)10-14-5-3-6-15(19)9-14/h3,5-6,9,16H,4,7-8,10-11H2,1-2H3,(H,20,21,23)/t16-/m1/s1. The van der Waals surface area contributed by atoms with Crippen molar-refractivity contribution in [3.63, 3.8) is 0 Å². The molecule has 1 N–H and O–H groups in total. The van der Waals surface area contributed by atoms with Crippen molar-refractivity contribution in [3.05, 3.63) is 47.1 Å². The SMILES string of the molecule is Cc1nc(NC(=O)N(Cc2cccc(F)c2)C[C@H]2CCCO2)oc1C. The number of benzene rings is 1. The molecular weight excluding hydrogens is 325 g/mol. The van der Waals surface area contributed by atoms with Crippen LogP contribution in [0.3, 0.4) is 0 Å². The van der Waals surface area contributed by atoms with Crippen LogP contribution in [0.2, 0.25) is 0 Å². The summed E-state index contributed by atoms with van der Waals surface area (Å²) in [5, 5.41) is 2.67. The summed E-state index contributed by atoms with van der Waals surface area (Å²) in [6, 6.07) is 6.05. The number of carbonyl (C=O) groups excluding carboxylic acids is 1. The molecule has 0 spiro atoms. The molecule has 0 aliphatic carbocycles. The second-order valence-electron chi connectivity index (χ2n) is 6.24. The molecular formula is C18H22FN3O3. The number of amides is 2. The van der Waals surface area contributed by atoms with E-state index in [0.717, 1.165) is 18.5 Å². The van der Waals surface area contributed by atoms with Crippen LogP contribution in [0.4, 0.5) is 15.2 Å². The molecule has 7 heteroatoms. The Kier molecular flexibility index (Phi) is 5.33. The molecule has 134 valence electrons. The predicted molar refractivity (Wildman–Crippen MR) is 90.8 cm³/mol. The minimum Gasteiger partial charge on any atom is -0.428 e. The van der Waals surface area contributed by atoms with Crippen molar-refractivity contribution in [2.75, 3.05) is 18.5 Å². The molecule has 1 atom stereocenters. The van der Waals surface area contributed by atoms with Crippen LogP contribution in [0.5, 0.6) is 0 Å². The van der Waals surface area contributed by atoms with Crippen molar-refractivity contribution in [1.82, 2.24) is 9.88 Å². The van der Waals surface area contributed by atoms with Crippen LogP contribution in [0.15, 0.2) is 28.7 Å². The van der Waals surface area contributed by atoms with Crippen LogP contribution in [0.25, 0.3) is 0 Å². The Morgan fingerprint density at radius 2 is 2.28 bits per heavy atom. The third kappa shape index (κ3) is 4.57. The minimum atomic E-state index is -0.346. The third-order valence-electron chi connectivity index (χ3n) is 4.24. The molecule has 2 amide bonds. The molecule has 0 unspecified atom stereocenters. The highest BCUT2D eigenvalue weighted by Gasteiger charge is 2.24. The first kappa shape index (κ1) is 17.4. The first-order valence-corrected chi connectivity index (χ1v) is 8.37. The molecule has 1 aliphatic rings. The minimum absolute atomic E-state index is 0.00709. The van der Waals surface area contributed by atoms with Gasteiger partial charge in [-0.05, 0) is 44.4 Å². The van der Waals surface area contributed by atoms with Gasteiger partial charge in [0.2, 0.25) is 0 Å². The van der Waals surface area contributed by atoms with E-state index in [2.05, 4.69) is 10.3 Å². The van der Waals surface area contributed by atoms with Crippen LogP contribution in [-0.4, -0.2) is 35.2 Å². The molecule has 3 rings (SSSR count). The monoisotopic (exact) mass is 347 g/mol. The maximum absolute atomic E-state index is 13.4. The summed E-state index contributed by atoms with van der Waals surface area (Å²) in [7, 11) is 0. The number of rotatable bonds is 5. The van der Waals surface area contributed by atoms with E-state index in [1.807, 2.05) is 6.92 Å². The highest BCUT2D eigenvalue weighted by molar-refractivity contribution is 5.87. The lowest BCUT2D eigenvalue weighted by molar-refractivity contribution is 0.0818. The van der Waals surface area contributed by atoms with Gasteiger partial charge in [0.25, 0.3) is 0 Å². The molecule has 0 radical (unpaired) electrons. The van der Waals surface area contributed by atoms with Gasteiger partial charge in [0.1, 0.15) is 11.6 Å². The highest BCUT2D eigenvalue weighted by atomic mass is 19.1. The largest absolute Gasteiger partial charge is 0.428 e. The average molecular weight is 347 g/mol. The normalized spacial score (nSPS) is 16.8. The predicted octanol–water partition coefficient (Wildman–Crippen LogP) is 3.64. The molecule has 1 aromatic heterocycles. The number of aromatic nitrogens is 1. The van der Waals surface area contributed by atoms with Crippen molar-refractivity contribution in [2.45, 2.75) is 39.3 Å².